The van der Waals surface area contributed by atoms with Crippen LogP contribution in [0.5, 0.6) is 17.2 Å². The van der Waals surface area contributed by atoms with Crippen LogP contribution in [0.2, 0.25) is 0 Å². The summed E-state index contributed by atoms with van der Waals surface area (Å²) < 4.78 is 21.3. The van der Waals surface area contributed by atoms with E-state index in [-0.39, 0.29) is 16.9 Å². The van der Waals surface area contributed by atoms with Gasteiger partial charge in [-0.1, -0.05) is 50.8 Å². The summed E-state index contributed by atoms with van der Waals surface area (Å²) in [7, 11) is 2.94. The molecule has 6 heteroatoms. The molecule has 0 amide bonds. The first kappa shape index (κ1) is 22.3. The van der Waals surface area contributed by atoms with Crippen LogP contribution in [0.3, 0.4) is 0 Å². The number of unbranched alkanes of at least 4 members (excludes halogenated alkanes) is 4. The molecule has 0 aliphatic heterocycles. The Hall–Kier alpha value is -3.02. The number of methoxy groups -OCH3 is 2. The second kappa shape index (κ2) is 11.7. The maximum absolute atomic E-state index is 12.8. The Morgan fingerprint density at radius 1 is 0.759 bits per heavy atom. The van der Waals surface area contributed by atoms with Gasteiger partial charge in [0.15, 0.2) is 11.5 Å². The van der Waals surface area contributed by atoms with Gasteiger partial charge in [0.05, 0.1) is 32.0 Å². The molecule has 0 heterocycles. The number of hydrogen-bond acceptors (Lipinski definition) is 6. The highest BCUT2D eigenvalue weighted by molar-refractivity contribution is 6.04. The van der Waals surface area contributed by atoms with Crippen LogP contribution in [0.25, 0.3) is 0 Å². The first-order valence-corrected chi connectivity index (χ1v) is 9.81. The van der Waals surface area contributed by atoms with Gasteiger partial charge in [0.2, 0.25) is 5.75 Å². The quantitative estimate of drug-likeness (QED) is 0.299. The molecular weight excluding hydrogens is 372 g/mol. The van der Waals surface area contributed by atoms with Crippen molar-refractivity contribution in [1.29, 1.82) is 0 Å². The van der Waals surface area contributed by atoms with E-state index in [1.165, 1.54) is 26.7 Å². The lowest BCUT2D eigenvalue weighted by Crippen LogP contribution is -2.16. The summed E-state index contributed by atoms with van der Waals surface area (Å²) in [5.41, 5.74) is 0.288. The van der Waals surface area contributed by atoms with Crippen molar-refractivity contribution in [1.82, 2.24) is 0 Å². The molecule has 6 nitrogen and oxygen atoms in total. The third kappa shape index (κ3) is 6.24. The normalized spacial score (nSPS) is 10.3. The van der Waals surface area contributed by atoms with Crippen LogP contribution < -0.4 is 14.2 Å². The lowest BCUT2D eigenvalue weighted by atomic mass is 10.1. The van der Waals surface area contributed by atoms with Crippen LogP contribution in [0, 0.1) is 0 Å². The number of carbonyl (C=O) groups excluding carboxylic acids is 2. The van der Waals surface area contributed by atoms with Gasteiger partial charge in [0.1, 0.15) is 0 Å². The molecule has 156 valence electrons. The fourth-order valence-electron chi connectivity index (χ4n) is 2.85. The summed E-state index contributed by atoms with van der Waals surface area (Å²) in [6.45, 7) is 2.48. The lowest BCUT2D eigenvalue weighted by Gasteiger charge is -2.14. The smallest absolute Gasteiger partial charge is 0.344 e. The molecule has 0 aliphatic carbocycles. The van der Waals surface area contributed by atoms with Gasteiger partial charge in [-0.05, 0) is 30.7 Å². The highest BCUT2D eigenvalue weighted by Crippen LogP contribution is 2.37. The molecule has 2 aromatic carbocycles. The second-order valence-electron chi connectivity index (χ2n) is 6.48. The van der Waals surface area contributed by atoms with Gasteiger partial charge in [-0.25, -0.2) is 9.59 Å². The fourth-order valence-corrected chi connectivity index (χ4v) is 2.85. The molecule has 0 aromatic heterocycles. The average Bonchev–Trinajstić information content (AvgIpc) is 2.76. The summed E-state index contributed by atoms with van der Waals surface area (Å²) in [5, 5.41) is 0. The zero-order chi connectivity index (χ0) is 21.1. The Balaban J connectivity index is 2.10. The Morgan fingerprint density at radius 3 is 1.93 bits per heavy atom. The summed E-state index contributed by atoms with van der Waals surface area (Å²) >= 11 is 0. The van der Waals surface area contributed by atoms with Crippen LogP contribution >= 0.6 is 0 Å². The monoisotopic (exact) mass is 400 g/mol. The predicted octanol–water partition coefficient (Wildman–Crippen LogP) is 5.05. The number of carbonyl (C=O) groups is 2. The number of ether oxygens (including phenoxy) is 4. The van der Waals surface area contributed by atoms with E-state index in [2.05, 4.69) is 6.92 Å². The van der Waals surface area contributed by atoms with E-state index in [4.69, 9.17) is 18.9 Å². The molecule has 29 heavy (non-hydrogen) atoms. The zero-order valence-corrected chi connectivity index (χ0v) is 17.2. The molecule has 0 saturated carbocycles. The standard InChI is InChI=1S/C23H28O6/c1-4-5-6-7-10-16-28-22(24)17-12-8-9-13-18(17)23(25)29-21-19(26-2)14-11-15-20(21)27-3/h8-9,11-15H,4-7,10,16H2,1-3H3. The van der Waals surface area contributed by atoms with Crippen LogP contribution in [-0.2, 0) is 4.74 Å². The summed E-state index contributed by atoms with van der Waals surface area (Å²) in [4.78, 5) is 25.3. The summed E-state index contributed by atoms with van der Waals surface area (Å²) in [6.07, 6.45) is 5.27. The predicted molar refractivity (Wildman–Crippen MR) is 110 cm³/mol. The SMILES string of the molecule is CCCCCCCOC(=O)c1ccccc1C(=O)Oc1c(OC)cccc1OC. The van der Waals surface area contributed by atoms with E-state index in [9.17, 15) is 9.59 Å². The fraction of sp³-hybridized carbons (Fsp3) is 0.391. The number of benzene rings is 2. The number of rotatable bonds is 11. The highest BCUT2D eigenvalue weighted by Gasteiger charge is 2.22. The maximum Gasteiger partial charge on any atom is 0.344 e. The van der Waals surface area contributed by atoms with E-state index in [1.807, 2.05) is 0 Å². The molecule has 2 rings (SSSR count). The van der Waals surface area contributed by atoms with E-state index in [0.717, 1.165) is 25.7 Å². The molecular formula is C23H28O6. The van der Waals surface area contributed by atoms with E-state index in [1.54, 1.807) is 36.4 Å². The van der Waals surface area contributed by atoms with Crippen LogP contribution in [0.4, 0.5) is 0 Å². The lowest BCUT2D eigenvalue weighted by molar-refractivity contribution is 0.0489. The molecule has 0 unspecified atom stereocenters. The van der Waals surface area contributed by atoms with Gasteiger partial charge in [-0.15, -0.1) is 0 Å². The molecule has 2 aromatic rings. The van der Waals surface area contributed by atoms with Gasteiger partial charge in [-0.3, -0.25) is 0 Å². The van der Waals surface area contributed by atoms with Crippen molar-refractivity contribution < 1.29 is 28.5 Å². The Labute approximate surface area is 171 Å². The van der Waals surface area contributed by atoms with Crippen molar-refractivity contribution in [3.63, 3.8) is 0 Å². The minimum absolute atomic E-state index is 0.122. The Morgan fingerprint density at radius 2 is 1.34 bits per heavy atom. The molecule has 0 aliphatic rings. The van der Waals surface area contributed by atoms with Crippen LogP contribution in [-0.4, -0.2) is 32.8 Å². The minimum atomic E-state index is -0.691. The van der Waals surface area contributed by atoms with Gasteiger partial charge >= 0.3 is 11.9 Å². The summed E-state index contributed by atoms with van der Waals surface area (Å²) in [5.74, 6) is -0.375. The van der Waals surface area contributed by atoms with E-state index in [0.29, 0.717) is 18.1 Å². The van der Waals surface area contributed by atoms with E-state index < -0.39 is 11.9 Å². The first-order chi connectivity index (χ1) is 14.1. The Bertz CT molecular complexity index is 793. The number of esters is 2. The first-order valence-electron chi connectivity index (χ1n) is 9.81. The van der Waals surface area contributed by atoms with Crippen molar-refractivity contribution in [2.24, 2.45) is 0 Å². The van der Waals surface area contributed by atoms with E-state index >= 15 is 0 Å². The highest BCUT2D eigenvalue weighted by atomic mass is 16.6. The minimum Gasteiger partial charge on any atom is -0.493 e. The molecule has 0 atom stereocenters. The van der Waals surface area contributed by atoms with Crippen LogP contribution in [0.15, 0.2) is 42.5 Å². The van der Waals surface area contributed by atoms with Gasteiger partial charge < -0.3 is 18.9 Å². The third-order valence-electron chi connectivity index (χ3n) is 4.43. The van der Waals surface area contributed by atoms with Crippen molar-refractivity contribution in [3.05, 3.63) is 53.6 Å². The average molecular weight is 400 g/mol. The topological polar surface area (TPSA) is 71.1 Å². The van der Waals surface area contributed by atoms with Crippen molar-refractivity contribution in [2.45, 2.75) is 39.0 Å². The molecule has 0 radical (unpaired) electrons. The second-order valence-corrected chi connectivity index (χ2v) is 6.48. The summed E-state index contributed by atoms with van der Waals surface area (Å²) in [6, 6.07) is 11.5. The Kier molecular flexibility index (Phi) is 9.02. The molecule has 0 bridgehead atoms. The molecule has 0 spiro atoms. The third-order valence-corrected chi connectivity index (χ3v) is 4.43. The number of hydrogen-bond donors (Lipinski definition) is 0. The van der Waals surface area contributed by atoms with Crippen molar-refractivity contribution in [3.8, 4) is 17.2 Å². The van der Waals surface area contributed by atoms with Gasteiger partial charge in [-0.2, -0.15) is 0 Å². The van der Waals surface area contributed by atoms with Crippen molar-refractivity contribution in [2.75, 3.05) is 20.8 Å². The van der Waals surface area contributed by atoms with Crippen LogP contribution in [0.1, 0.15) is 59.7 Å². The molecule has 0 saturated heterocycles. The molecule has 0 N–H and O–H groups in total. The molecule has 0 fully saturated rings. The number of para-hydroxylation sites is 1. The van der Waals surface area contributed by atoms with Gasteiger partial charge in [0, 0.05) is 0 Å². The van der Waals surface area contributed by atoms with Gasteiger partial charge in [0.25, 0.3) is 0 Å². The zero-order valence-electron chi connectivity index (χ0n) is 17.2. The van der Waals surface area contributed by atoms with Crippen molar-refractivity contribution >= 4 is 11.9 Å². The maximum atomic E-state index is 12.8. The largest absolute Gasteiger partial charge is 0.493 e.